The zero-order valence-corrected chi connectivity index (χ0v) is 16.7. The largest absolute Gasteiger partial charge is 0.301 e. The minimum atomic E-state index is -0.660. The number of nitro groups is 2. The fourth-order valence-corrected chi connectivity index (χ4v) is 2.72. The molecule has 1 rings (SSSR count). The highest BCUT2D eigenvalue weighted by Crippen LogP contribution is 2.28. The van der Waals surface area contributed by atoms with E-state index in [-0.39, 0.29) is 17.1 Å². The Labute approximate surface area is 166 Å². The Morgan fingerprint density at radius 1 is 1.04 bits per heavy atom. The van der Waals surface area contributed by atoms with Crippen LogP contribution in [0.2, 0.25) is 0 Å². The number of allylic oxidation sites excluding steroid dienone is 2. The highest BCUT2D eigenvalue weighted by Gasteiger charge is 2.19. The number of hydrazone groups is 1. The number of benzene rings is 1. The van der Waals surface area contributed by atoms with Gasteiger partial charge in [-0.15, -0.1) is 0 Å². The summed E-state index contributed by atoms with van der Waals surface area (Å²) in [6, 6.07) is 3.46. The van der Waals surface area contributed by atoms with E-state index in [1.807, 2.05) is 0 Å². The van der Waals surface area contributed by atoms with E-state index in [9.17, 15) is 20.2 Å². The third-order valence-corrected chi connectivity index (χ3v) is 4.34. The molecule has 0 atom stereocenters. The number of rotatable bonds is 14. The van der Waals surface area contributed by atoms with Crippen molar-refractivity contribution in [1.29, 1.82) is 0 Å². The van der Waals surface area contributed by atoms with Crippen LogP contribution in [-0.4, -0.2) is 16.1 Å². The van der Waals surface area contributed by atoms with Crippen molar-refractivity contribution in [2.75, 3.05) is 5.43 Å². The van der Waals surface area contributed by atoms with Crippen molar-refractivity contribution < 1.29 is 9.85 Å². The van der Waals surface area contributed by atoms with Gasteiger partial charge in [0.25, 0.3) is 5.69 Å². The van der Waals surface area contributed by atoms with Gasteiger partial charge in [0.05, 0.1) is 22.1 Å². The van der Waals surface area contributed by atoms with Crippen LogP contribution in [0.15, 0.2) is 34.9 Å². The molecule has 8 heteroatoms. The fourth-order valence-electron chi connectivity index (χ4n) is 2.72. The number of nitro benzene ring substituents is 2. The molecule has 0 fully saturated rings. The van der Waals surface area contributed by atoms with Crippen LogP contribution in [0.3, 0.4) is 0 Å². The third-order valence-electron chi connectivity index (χ3n) is 4.34. The van der Waals surface area contributed by atoms with Crippen LogP contribution in [0.25, 0.3) is 0 Å². The number of hydrogen-bond acceptors (Lipinski definition) is 6. The Bertz CT molecular complexity index is 701. The summed E-state index contributed by atoms with van der Waals surface area (Å²) in [5.41, 5.74) is 3.19. The van der Waals surface area contributed by atoms with Crippen LogP contribution >= 0.6 is 0 Å². The molecule has 0 spiro atoms. The molecule has 0 radical (unpaired) electrons. The highest BCUT2D eigenvalue weighted by molar-refractivity contribution is 5.79. The van der Waals surface area contributed by atoms with Crippen molar-refractivity contribution in [3.63, 3.8) is 0 Å². The Balaban J connectivity index is 2.81. The van der Waals surface area contributed by atoms with Gasteiger partial charge in [-0.3, -0.25) is 25.7 Å². The Morgan fingerprint density at radius 2 is 1.75 bits per heavy atom. The molecule has 28 heavy (non-hydrogen) atoms. The second kappa shape index (κ2) is 13.4. The lowest BCUT2D eigenvalue weighted by molar-refractivity contribution is -0.393. The summed E-state index contributed by atoms with van der Waals surface area (Å²) in [5, 5.41) is 26.1. The predicted molar refractivity (Wildman–Crippen MR) is 113 cm³/mol. The average molecular weight is 390 g/mol. The molecule has 0 saturated heterocycles. The van der Waals surface area contributed by atoms with Crippen LogP contribution in [0, 0.1) is 20.2 Å². The molecule has 0 aliphatic carbocycles. The molecule has 0 unspecified atom stereocenters. The summed E-state index contributed by atoms with van der Waals surface area (Å²) in [4.78, 5) is 20.7. The molecule has 1 N–H and O–H groups in total. The smallest absolute Gasteiger partial charge is 0.272 e. The fraction of sp³-hybridized carbons (Fsp3) is 0.550. The van der Waals surface area contributed by atoms with Crippen molar-refractivity contribution in [3.8, 4) is 0 Å². The Hall–Kier alpha value is -2.77. The van der Waals surface area contributed by atoms with Crippen molar-refractivity contribution in [2.45, 2.75) is 71.6 Å². The van der Waals surface area contributed by atoms with Gasteiger partial charge in [0.15, 0.2) is 0 Å². The third kappa shape index (κ3) is 8.75. The first kappa shape index (κ1) is 23.3. The monoisotopic (exact) mass is 390 g/mol. The van der Waals surface area contributed by atoms with E-state index >= 15 is 0 Å². The summed E-state index contributed by atoms with van der Waals surface area (Å²) in [5.74, 6) is 0. The SMILES string of the molecule is CCCCCC/C=C(\C=N\Nc1ccc([N+](=O)[O-])cc1[N+](=O)[O-])CCCCC. The van der Waals surface area contributed by atoms with Gasteiger partial charge in [-0.05, 0) is 37.3 Å². The first-order valence-electron chi connectivity index (χ1n) is 9.90. The average Bonchev–Trinajstić information content (AvgIpc) is 2.67. The number of non-ortho nitro benzene ring substituents is 1. The van der Waals surface area contributed by atoms with E-state index in [0.29, 0.717) is 0 Å². The molecule has 8 nitrogen and oxygen atoms in total. The lowest BCUT2D eigenvalue weighted by Crippen LogP contribution is -1.99. The molecule has 0 aromatic heterocycles. The quantitative estimate of drug-likeness (QED) is 0.171. The van der Waals surface area contributed by atoms with Crippen molar-refractivity contribution in [2.24, 2.45) is 5.10 Å². The molecule has 1 aromatic rings. The van der Waals surface area contributed by atoms with Crippen LogP contribution in [0.5, 0.6) is 0 Å². The van der Waals surface area contributed by atoms with Crippen LogP contribution < -0.4 is 5.43 Å². The summed E-state index contributed by atoms with van der Waals surface area (Å²) in [7, 11) is 0. The Kier molecular flexibility index (Phi) is 11.1. The van der Waals surface area contributed by atoms with E-state index in [1.165, 1.54) is 31.4 Å². The van der Waals surface area contributed by atoms with Gasteiger partial charge >= 0.3 is 5.69 Å². The first-order valence-corrected chi connectivity index (χ1v) is 9.90. The minimum absolute atomic E-state index is 0.128. The topological polar surface area (TPSA) is 111 Å². The van der Waals surface area contributed by atoms with Crippen LogP contribution in [0.4, 0.5) is 17.1 Å². The van der Waals surface area contributed by atoms with E-state index in [1.54, 1.807) is 6.21 Å². The van der Waals surface area contributed by atoms with Gasteiger partial charge in [0.1, 0.15) is 5.69 Å². The summed E-state index contributed by atoms with van der Waals surface area (Å²) >= 11 is 0. The van der Waals surface area contributed by atoms with E-state index in [4.69, 9.17) is 0 Å². The van der Waals surface area contributed by atoms with Crippen molar-refractivity contribution >= 4 is 23.3 Å². The lowest BCUT2D eigenvalue weighted by Gasteiger charge is -2.04. The van der Waals surface area contributed by atoms with Gasteiger partial charge in [-0.25, -0.2) is 0 Å². The van der Waals surface area contributed by atoms with Gasteiger partial charge < -0.3 is 0 Å². The van der Waals surface area contributed by atoms with Crippen molar-refractivity contribution in [3.05, 3.63) is 50.1 Å². The van der Waals surface area contributed by atoms with Crippen LogP contribution in [-0.2, 0) is 0 Å². The molecule has 1 aromatic carbocycles. The minimum Gasteiger partial charge on any atom is -0.272 e. The summed E-state index contributed by atoms with van der Waals surface area (Å²) in [6.45, 7) is 4.33. The molecule has 0 bridgehead atoms. The second-order valence-electron chi connectivity index (χ2n) is 6.67. The zero-order valence-electron chi connectivity index (χ0n) is 16.7. The first-order chi connectivity index (χ1) is 13.5. The molecule has 0 aliphatic heterocycles. The van der Waals surface area contributed by atoms with Gasteiger partial charge in [0.2, 0.25) is 0 Å². The standard InChI is InChI=1S/C20H30N4O4/c1-3-5-7-8-10-12-17(11-9-6-4-2)16-21-22-19-14-13-18(23(25)26)15-20(19)24(27)28/h12-16,22H,3-11H2,1-2H3/b17-12-,21-16+. The van der Waals surface area contributed by atoms with Gasteiger partial charge in [-0.1, -0.05) is 52.0 Å². The second-order valence-corrected chi connectivity index (χ2v) is 6.67. The van der Waals surface area contributed by atoms with E-state index in [2.05, 4.69) is 30.5 Å². The summed E-state index contributed by atoms with van der Waals surface area (Å²) in [6.07, 6.45) is 13.9. The van der Waals surface area contributed by atoms with E-state index < -0.39 is 9.85 Å². The maximum atomic E-state index is 11.2. The number of hydrogen-bond donors (Lipinski definition) is 1. The number of anilines is 1. The maximum Gasteiger partial charge on any atom is 0.301 e. The highest BCUT2D eigenvalue weighted by atomic mass is 16.6. The normalized spacial score (nSPS) is 11.7. The van der Waals surface area contributed by atoms with Gasteiger partial charge in [0, 0.05) is 6.07 Å². The van der Waals surface area contributed by atoms with Crippen LogP contribution in [0.1, 0.15) is 71.6 Å². The summed E-state index contributed by atoms with van der Waals surface area (Å²) < 4.78 is 0. The zero-order chi connectivity index (χ0) is 20.8. The molecule has 0 heterocycles. The Morgan fingerprint density at radius 3 is 2.39 bits per heavy atom. The number of nitrogens with zero attached hydrogens (tertiary/aromatic N) is 3. The molecule has 154 valence electrons. The van der Waals surface area contributed by atoms with Gasteiger partial charge in [-0.2, -0.15) is 5.10 Å². The lowest BCUT2D eigenvalue weighted by atomic mass is 10.1. The maximum absolute atomic E-state index is 11.2. The predicted octanol–water partition coefficient (Wildman–Crippen LogP) is 6.38. The molecule has 0 aliphatic rings. The molecular formula is C20H30N4O4. The number of unbranched alkanes of at least 4 members (excludes halogenated alkanes) is 6. The van der Waals surface area contributed by atoms with Crippen molar-refractivity contribution in [1.82, 2.24) is 0 Å². The van der Waals surface area contributed by atoms with E-state index in [0.717, 1.165) is 50.2 Å². The number of nitrogens with one attached hydrogen (secondary N) is 1. The molecule has 0 amide bonds. The molecular weight excluding hydrogens is 360 g/mol. The molecule has 0 saturated carbocycles.